The van der Waals surface area contributed by atoms with Gasteiger partial charge in [-0.1, -0.05) is 37.3 Å². The first-order valence-corrected chi connectivity index (χ1v) is 8.14. The summed E-state index contributed by atoms with van der Waals surface area (Å²) in [4.78, 5) is 0. The van der Waals surface area contributed by atoms with Crippen LogP contribution >= 0.6 is 11.8 Å². The minimum absolute atomic E-state index is 0.870. The number of rotatable bonds is 8. The van der Waals surface area contributed by atoms with Gasteiger partial charge in [0.15, 0.2) is 0 Å². The monoisotopic (exact) mass is 287 g/mol. The predicted molar refractivity (Wildman–Crippen MR) is 87.7 cm³/mol. The van der Waals surface area contributed by atoms with Crippen LogP contribution in [-0.2, 0) is 6.54 Å². The van der Waals surface area contributed by atoms with Crippen molar-refractivity contribution in [2.45, 2.75) is 13.5 Å². The van der Waals surface area contributed by atoms with Crippen molar-refractivity contribution in [2.24, 2.45) is 0 Å². The van der Waals surface area contributed by atoms with Crippen LogP contribution in [0.3, 0.4) is 0 Å². The van der Waals surface area contributed by atoms with E-state index in [0.717, 1.165) is 24.6 Å². The second kappa shape index (κ2) is 8.67. The van der Waals surface area contributed by atoms with Crippen molar-refractivity contribution in [3.05, 3.63) is 60.2 Å². The second-order valence-corrected chi connectivity index (χ2v) is 5.83. The molecule has 3 heteroatoms. The summed E-state index contributed by atoms with van der Waals surface area (Å²) in [6.07, 6.45) is 0. The lowest BCUT2D eigenvalue weighted by Gasteiger charge is -2.07. The molecule has 0 saturated carbocycles. The molecule has 0 aliphatic carbocycles. The Balaban J connectivity index is 1.78. The fourth-order valence-electron chi connectivity index (χ4n) is 1.82. The Labute approximate surface area is 125 Å². The molecule has 0 aliphatic heterocycles. The molecule has 0 aliphatic rings. The van der Waals surface area contributed by atoms with E-state index in [0.29, 0.717) is 0 Å². The molecule has 0 heterocycles. The van der Waals surface area contributed by atoms with E-state index in [1.807, 2.05) is 54.2 Å². The van der Waals surface area contributed by atoms with E-state index in [2.05, 4.69) is 24.4 Å². The highest BCUT2D eigenvalue weighted by Gasteiger charge is 1.97. The number of hydrogen-bond acceptors (Lipinski definition) is 3. The molecule has 1 N–H and O–H groups in total. The van der Waals surface area contributed by atoms with Crippen molar-refractivity contribution in [2.75, 3.05) is 18.1 Å². The lowest BCUT2D eigenvalue weighted by Crippen LogP contribution is -2.16. The molecular formula is C17H21NOS. The first kappa shape index (κ1) is 14.9. The maximum atomic E-state index is 5.77. The fourth-order valence-corrected chi connectivity index (χ4v) is 2.40. The zero-order valence-electron chi connectivity index (χ0n) is 11.8. The SMILES string of the molecule is CCSCCNCc1ccc(Oc2ccccc2)cc1. The smallest absolute Gasteiger partial charge is 0.127 e. The molecule has 0 bridgehead atoms. The Morgan fingerprint density at radius 3 is 2.35 bits per heavy atom. The number of hydrogen-bond donors (Lipinski definition) is 1. The summed E-state index contributed by atoms with van der Waals surface area (Å²) in [5, 5.41) is 3.44. The Bertz CT molecular complexity index is 484. The van der Waals surface area contributed by atoms with Gasteiger partial charge in [0.05, 0.1) is 0 Å². The van der Waals surface area contributed by atoms with Gasteiger partial charge in [0.1, 0.15) is 11.5 Å². The predicted octanol–water partition coefficient (Wildman–Crippen LogP) is 4.32. The molecule has 0 amide bonds. The van der Waals surface area contributed by atoms with Gasteiger partial charge in [-0.15, -0.1) is 0 Å². The molecule has 20 heavy (non-hydrogen) atoms. The molecule has 0 aromatic heterocycles. The highest BCUT2D eigenvalue weighted by molar-refractivity contribution is 7.99. The maximum Gasteiger partial charge on any atom is 0.127 e. The summed E-state index contributed by atoms with van der Waals surface area (Å²) in [6.45, 7) is 4.16. The number of nitrogens with one attached hydrogen (secondary N) is 1. The topological polar surface area (TPSA) is 21.3 Å². The van der Waals surface area contributed by atoms with Crippen molar-refractivity contribution in [3.63, 3.8) is 0 Å². The average molecular weight is 287 g/mol. The van der Waals surface area contributed by atoms with Crippen LogP contribution in [-0.4, -0.2) is 18.1 Å². The molecule has 0 fully saturated rings. The molecule has 0 radical (unpaired) electrons. The normalized spacial score (nSPS) is 10.4. The Kier molecular flexibility index (Phi) is 6.48. The number of benzene rings is 2. The van der Waals surface area contributed by atoms with Gasteiger partial charge in [-0.25, -0.2) is 0 Å². The van der Waals surface area contributed by atoms with Gasteiger partial charge in [0.25, 0.3) is 0 Å². The third kappa shape index (κ3) is 5.27. The van der Waals surface area contributed by atoms with E-state index in [9.17, 15) is 0 Å². The van der Waals surface area contributed by atoms with Crippen LogP contribution < -0.4 is 10.1 Å². The van der Waals surface area contributed by atoms with Gasteiger partial charge < -0.3 is 10.1 Å². The van der Waals surface area contributed by atoms with Gasteiger partial charge in [-0.05, 0) is 35.6 Å². The summed E-state index contributed by atoms with van der Waals surface area (Å²) in [5.41, 5.74) is 1.28. The van der Waals surface area contributed by atoms with Crippen molar-refractivity contribution < 1.29 is 4.74 Å². The lowest BCUT2D eigenvalue weighted by molar-refractivity contribution is 0.482. The quantitative estimate of drug-likeness (QED) is 0.731. The number of thioether (sulfide) groups is 1. The largest absolute Gasteiger partial charge is 0.457 e. The summed E-state index contributed by atoms with van der Waals surface area (Å²) in [5.74, 6) is 4.11. The highest BCUT2D eigenvalue weighted by Crippen LogP contribution is 2.20. The van der Waals surface area contributed by atoms with Crippen LogP contribution in [0, 0.1) is 0 Å². The molecule has 0 spiro atoms. The van der Waals surface area contributed by atoms with Gasteiger partial charge in [0, 0.05) is 18.8 Å². The molecule has 2 aromatic rings. The van der Waals surface area contributed by atoms with E-state index in [1.54, 1.807) is 0 Å². The highest BCUT2D eigenvalue weighted by atomic mass is 32.2. The molecule has 2 nitrogen and oxygen atoms in total. The first-order chi connectivity index (χ1) is 9.88. The van der Waals surface area contributed by atoms with E-state index in [-0.39, 0.29) is 0 Å². The minimum Gasteiger partial charge on any atom is -0.457 e. The second-order valence-electron chi connectivity index (χ2n) is 4.43. The molecule has 0 unspecified atom stereocenters. The third-order valence-corrected chi connectivity index (χ3v) is 3.76. The van der Waals surface area contributed by atoms with Gasteiger partial charge in [0.2, 0.25) is 0 Å². The number of para-hydroxylation sites is 1. The molecule has 0 atom stereocenters. The minimum atomic E-state index is 0.870. The van der Waals surface area contributed by atoms with Gasteiger partial charge in [-0.3, -0.25) is 0 Å². The zero-order chi connectivity index (χ0) is 14.0. The average Bonchev–Trinajstić information content (AvgIpc) is 2.50. The van der Waals surface area contributed by atoms with E-state index in [1.165, 1.54) is 17.1 Å². The summed E-state index contributed by atoms with van der Waals surface area (Å²) >= 11 is 1.96. The Morgan fingerprint density at radius 1 is 0.950 bits per heavy atom. The molecular weight excluding hydrogens is 266 g/mol. The zero-order valence-corrected chi connectivity index (χ0v) is 12.7. The fraction of sp³-hybridized carbons (Fsp3) is 0.294. The van der Waals surface area contributed by atoms with Crippen LogP contribution in [0.2, 0.25) is 0 Å². The van der Waals surface area contributed by atoms with Gasteiger partial charge in [-0.2, -0.15) is 11.8 Å². The van der Waals surface area contributed by atoms with E-state index >= 15 is 0 Å². The standard InChI is InChI=1S/C17H21NOS/c1-2-20-13-12-18-14-15-8-10-17(11-9-15)19-16-6-4-3-5-7-16/h3-11,18H,2,12-14H2,1H3. The summed E-state index contributed by atoms with van der Waals surface area (Å²) in [6, 6.07) is 18.1. The molecule has 106 valence electrons. The summed E-state index contributed by atoms with van der Waals surface area (Å²) in [7, 11) is 0. The Hall–Kier alpha value is -1.45. The van der Waals surface area contributed by atoms with Gasteiger partial charge >= 0.3 is 0 Å². The summed E-state index contributed by atoms with van der Waals surface area (Å²) < 4.78 is 5.77. The number of ether oxygens (including phenoxy) is 1. The Morgan fingerprint density at radius 2 is 1.65 bits per heavy atom. The first-order valence-electron chi connectivity index (χ1n) is 6.99. The lowest BCUT2D eigenvalue weighted by atomic mass is 10.2. The van der Waals surface area contributed by atoms with Crippen LogP contribution in [0.4, 0.5) is 0 Å². The van der Waals surface area contributed by atoms with Crippen molar-refractivity contribution in [3.8, 4) is 11.5 Å². The van der Waals surface area contributed by atoms with E-state index < -0.39 is 0 Å². The maximum absolute atomic E-state index is 5.77. The van der Waals surface area contributed by atoms with Crippen LogP contribution in [0.25, 0.3) is 0 Å². The van der Waals surface area contributed by atoms with Crippen LogP contribution in [0.15, 0.2) is 54.6 Å². The van der Waals surface area contributed by atoms with Crippen LogP contribution in [0.5, 0.6) is 11.5 Å². The van der Waals surface area contributed by atoms with Crippen molar-refractivity contribution in [1.82, 2.24) is 5.32 Å². The third-order valence-electron chi connectivity index (χ3n) is 2.86. The van der Waals surface area contributed by atoms with Crippen LogP contribution in [0.1, 0.15) is 12.5 Å². The van der Waals surface area contributed by atoms with Crippen molar-refractivity contribution >= 4 is 11.8 Å². The van der Waals surface area contributed by atoms with E-state index in [4.69, 9.17) is 4.74 Å². The molecule has 2 rings (SSSR count). The molecule has 2 aromatic carbocycles. The van der Waals surface area contributed by atoms with Crippen molar-refractivity contribution in [1.29, 1.82) is 0 Å². The molecule has 0 saturated heterocycles.